The van der Waals surface area contributed by atoms with Crippen molar-refractivity contribution in [3.63, 3.8) is 0 Å². The number of methoxy groups -OCH3 is 2. The predicted molar refractivity (Wildman–Crippen MR) is 66.0 cm³/mol. The van der Waals surface area contributed by atoms with Crippen molar-refractivity contribution >= 4 is 5.91 Å². The van der Waals surface area contributed by atoms with Gasteiger partial charge in [0.1, 0.15) is 12.4 Å². The Labute approximate surface area is 102 Å². The molecule has 1 amide bonds. The molecule has 1 rings (SSSR count). The number of hydrogen-bond donors (Lipinski definition) is 1. The smallest absolute Gasteiger partial charge is 0.246 e. The van der Waals surface area contributed by atoms with Crippen LogP contribution in [0.1, 0.15) is 24.9 Å². The van der Waals surface area contributed by atoms with E-state index < -0.39 is 0 Å². The van der Waals surface area contributed by atoms with Crippen molar-refractivity contribution in [3.8, 4) is 5.75 Å². The van der Waals surface area contributed by atoms with Crippen LogP contribution in [0.25, 0.3) is 0 Å². The Balaban J connectivity index is 2.82. The molecule has 0 spiro atoms. The van der Waals surface area contributed by atoms with E-state index in [2.05, 4.69) is 5.32 Å². The summed E-state index contributed by atoms with van der Waals surface area (Å²) in [5.41, 5.74) is 0.988. The highest BCUT2D eigenvalue weighted by Gasteiger charge is 2.15. The lowest BCUT2D eigenvalue weighted by atomic mass is 10.0. The monoisotopic (exact) mass is 237 g/mol. The highest BCUT2D eigenvalue weighted by Crippen LogP contribution is 2.26. The van der Waals surface area contributed by atoms with E-state index in [9.17, 15) is 4.79 Å². The molecule has 0 aliphatic heterocycles. The van der Waals surface area contributed by atoms with Crippen molar-refractivity contribution in [3.05, 3.63) is 29.8 Å². The van der Waals surface area contributed by atoms with Crippen LogP contribution in [-0.4, -0.2) is 26.7 Å². The van der Waals surface area contributed by atoms with Crippen LogP contribution in [0.2, 0.25) is 0 Å². The van der Waals surface area contributed by atoms with E-state index in [0.29, 0.717) is 0 Å². The lowest BCUT2D eigenvalue weighted by molar-refractivity contribution is -0.125. The third kappa shape index (κ3) is 3.75. The second kappa shape index (κ2) is 6.91. The largest absolute Gasteiger partial charge is 0.496 e. The summed E-state index contributed by atoms with van der Waals surface area (Å²) in [6, 6.07) is 7.64. The molecule has 94 valence electrons. The van der Waals surface area contributed by atoms with Crippen LogP contribution in [0.15, 0.2) is 24.3 Å². The average Bonchev–Trinajstić information content (AvgIpc) is 2.36. The SMILES string of the molecule is CCC(NC(=O)COC)c1ccccc1OC. The zero-order valence-corrected chi connectivity index (χ0v) is 10.5. The van der Waals surface area contributed by atoms with Crippen molar-refractivity contribution in [2.24, 2.45) is 0 Å². The molecule has 4 nitrogen and oxygen atoms in total. The highest BCUT2D eigenvalue weighted by molar-refractivity contribution is 5.77. The third-order valence-electron chi connectivity index (χ3n) is 2.53. The molecule has 1 aromatic rings. The summed E-state index contributed by atoms with van der Waals surface area (Å²) in [6.45, 7) is 2.09. The van der Waals surface area contributed by atoms with Gasteiger partial charge in [-0.05, 0) is 12.5 Å². The van der Waals surface area contributed by atoms with Crippen molar-refractivity contribution < 1.29 is 14.3 Å². The fraction of sp³-hybridized carbons (Fsp3) is 0.462. The lowest BCUT2D eigenvalue weighted by Gasteiger charge is -2.19. The molecular formula is C13H19NO3. The highest BCUT2D eigenvalue weighted by atomic mass is 16.5. The molecule has 1 unspecified atom stereocenters. The molecule has 0 heterocycles. The van der Waals surface area contributed by atoms with Gasteiger partial charge in [0, 0.05) is 12.7 Å². The quantitative estimate of drug-likeness (QED) is 0.822. The van der Waals surface area contributed by atoms with Crippen LogP contribution in [-0.2, 0) is 9.53 Å². The Morgan fingerprint density at radius 3 is 2.65 bits per heavy atom. The van der Waals surface area contributed by atoms with Gasteiger partial charge in [0.2, 0.25) is 5.91 Å². The summed E-state index contributed by atoms with van der Waals surface area (Å²) >= 11 is 0. The minimum Gasteiger partial charge on any atom is -0.496 e. The molecule has 1 atom stereocenters. The molecule has 17 heavy (non-hydrogen) atoms. The van der Waals surface area contributed by atoms with E-state index in [4.69, 9.17) is 9.47 Å². The number of ether oxygens (including phenoxy) is 2. The second-order valence-electron chi connectivity index (χ2n) is 3.70. The number of para-hydroxylation sites is 1. The number of amides is 1. The summed E-state index contributed by atoms with van der Waals surface area (Å²) in [7, 11) is 3.13. The number of nitrogens with one attached hydrogen (secondary N) is 1. The zero-order chi connectivity index (χ0) is 12.7. The van der Waals surface area contributed by atoms with Crippen molar-refractivity contribution in [1.82, 2.24) is 5.32 Å². The molecule has 0 aliphatic carbocycles. The number of benzene rings is 1. The number of rotatable bonds is 6. The zero-order valence-electron chi connectivity index (χ0n) is 10.5. The van der Waals surface area contributed by atoms with Gasteiger partial charge in [-0.15, -0.1) is 0 Å². The normalized spacial score (nSPS) is 11.9. The third-order valence-corrected chi connectivity index (χ3v) is 2.53. The Bertz CT molecular complexity index is 365. The standard InChI is InChI=1S/C13H19NO3/c1-4-11(14-13(15)9-16-2)10-7-5-6-8-12(10)17-3/h5-8,11H,4,9H2,1-3H3,(H,14,15). The van der Waals surface area contributed by atoms with Crippen molar-refractivity contribution in [2.75, 3.05) is 20.8 Å². The molecule has 0 aromatic heterocycles. The molecular weight excluding hydrogens is 218 g/mol. The molecule has 1 aromatic carbocycles. The number of carbonyl (C=O) groups excluding carboxylic acids is 1. The maximum atomic E-state index is 11.5. The molecule has 0 fully saturated rings. The first-order chi connectivity index (χ1) is 8.22. The van der Waals surface area contributed by atoms with Crippen LogP contribution in [0.3, 0.4) is 0 Å². The van der Waals surface area contributed by atoms with Crippen LogP contribution >= 0.6 is 0 Å². The number of carbonyl (C=O) groups is 1. The van der Waals surface area contributed by atoms with Crippen LogP contribution in [0.4, 0.5) is 0 Å². The predicted octanol–water partition coefficient (Wildman–Crippen LogP) is 1.91. The van der Waals surface area contributed by atoms with Crippen LogP contribution in [0.5, 0.6) is 5.75 Å². The van der Waals surface area contributed by atoms with Gasteiger partial charge in [-0.25, -0.2) is 0 Å². The maximum absolute atomic E-state index is 11.5. The van der Waals surface area contributed by atoms with Gasteiger partial charge in [-0.1, -0.05) is 25.1 Å². The second-order valence-corrected chi connectivity index (χ2v) is 3.70. The Morgan fingerprint density at radius 2 is 2.06 bits per heavy atom. The Hall–Kier alpha value is -1.55. The van der Waals surface area contributed by atoms with Gasteiger partial charge in [-0.3, -0.25) is 4.79 Å². The fourth-order valence-corrected chi connectivity index (χ4v) is 1.72. The molecule has 0 bridgehead atoms. The molecule has 1 N–H and O–H groups in total. The van der Waals surface area contributed by atoms with Gasteiger partial charge < -0.3 is 14.8 Å². The van der Waals surface area contributed by atoms with Gasteiger partial charge in [0.05, 0.1) is 13.2 Å². The minimum atomic E-state index is -0.120. The van der Waals surface area contributed by atoms with Crippen molar-refractivity contribution in [2.45, 2.75) is 19.4 Å². The summed E-state index contributed by atoms with van der Waals surface area (Å²) in [6.07, 6.45) is 0.801. The van der Waals surface area contributed by atoms with E-state index >= 15 is 0 Å². The Morgan fingerprint density at radius 1 is 1.35 bits per heavy atom. The first kappa shape index (κ1) is 13.5. The fourth-order valence-electron chi connectivity index (χ4n) is 1.72. The van der Waals surface area contributed by atoms with Gasteiger partial charge in [0.25, 0.3) is 0 Å². The maximum Gasteiger partial charge on any atom is 0.246 e. The summed E-state index contributed by atoms with van der Waals surface area (Å²) in [5, 5.41) is 2.91. The lowest BCUT2D eigenvalue weighted by Crippen LogP contribution is -2.31. The molecule has 4 heteroatoms. The van der Waals surface area contributed by atoms with E-state index in [-0.39, 0.29) is 18.6 Å². The average molecular weight is 237 g/mol. The first-order valence-corrected chi connectivity index (χ1v) is 5.64. The van der Waals surface area contributed by atoms with E-state index in [1.54, 1.807) is 7.11 Å². The minimum absolute atomic E-state index is 0.0474. The van der Waals surface area contributed by atoms with Crippen LogP contribution < -0.4 is 10.1 Å². The molecule has 0 aliphatic rings. The van der Waals surface area contributed by atoms with E-state index in [1.807, 2.05) is 31.2 Å². The van der Waals surface area contributed by atoms with Gasteiger partial charge in [0.15, 0.2) is 0 Å². The van der Waals surface area contributed by atoms with E-state index in [1.165, 1.54) is 7.11 Å². The van der Waals surface area contributed by atoms with Crippen LogP contribution in [0, 0.1) is 0 Å². The molecule has 0 saturated carbocycles. The first-order valence-electron chi connectivity index (χ1n) is 5.64. The molecule has 0 radical (unpaired) electrons. The Kier molecular flexibility index (Phi) is 5.49. The summed E-state index contributed by atoms with van der Waals surface area (Å²) < 4.78 is 10.1. The summed E-state index contributed by atoms with van der Waals surface area (Å²) in [5.74, 6) is 0.669. The van der Waals surface area contributed by atoms with Crippen molar-refractivity contribution in [1.29, 1.82) is 0 Å². The van der Waals surface area contributed by atoms with E-state index in [0.717, 1.165) is 17.7 Å². The van der Waals surface area contributed by atoms with Gasteiger partial charge in [-0.2, -0.15) is 0 Å². The van der Waals surface area contributed by atoms with Gasteiger partial charge >= 0.3 is 0 Å². The topological polar surface area (TPSA) is 47.6 Å². The number of hydrogen-bond acceptors (Lipinski definition) is 3. The molecule has 0 saturated heterocycles. The summed E-state index contributed by atoms with van der Waals surface area (Å²) in [4.78, 5) is 11.5.